The number of hydrogen-bond donors (Lipinski definition) is 0. The van der Waals surface area contributed by atoms with Gasteiger partial charge < -0.3 is 36.5 Å². The number of nitriles is 3. The Morgan fingerprint density at radius 3 is 0.769 bits per heavy atom. The Bertz CT molecular complexity index is 10300. The van der Waals surface area contributed by atoms with E-state index in [1.165, 1.54) is 27.6 Å². The fourth-order valence-electron chi connectivity index (χ4n) is 23.5. The highest BCUT2D eigenvalue weighted by Gasteiger charge is 2.37. The van der Waals surface area contributed by atoms with Crippen molar-refractivity contribution in [2.45, 2.75) is 19.3 Å². The molecule has 662 valence electrons. The number of aromatic nitrogens is 8. The molecule has 0 unspecified atom stereocenters. The molecule has 0 saturated carbocycles. The molecule has 1 aliphatic rings. The number of fused-ring (bicyclic) bond motifs is 28. The first-order valence-electron chi connectivity index (χ1n) is 47.6. The summed E-state index contributed by atoms with van der Waals surface area (Å²) in [6, 6.07) is 154. The fraction of sp³-hybridized carbons (Fsp3) is 0.0233. The average molecular weight is 1820 g/mol. The third kappa shape index (κ3) is 12.0. The standard InChI is InChI=1S/2C44H25N5.C41H26N4/c1-46-36-26-41(28(27-45)23-44(36)48-38-20-10-5-15-30(38)31-16-6-11-21-39(31)48)49-40-22-12-8-18-33(40)35-24-42-34(25-43(35)49)32-17-7-9-19-37(32)47(42)29-13-3-2-4-14-29;1-46-34-26-41(28(27-45)25-42(34)48-35-19-9-5-15-30(35)31-16-6-10-20-36(31)48)49-38-22-12-8-18-33(38)44-40(49)24-23-39-43(44)32-17-7-11-21-37(32)47(39)29-13-3-2-4-14-29;1-41(2)32-16-8-4-12-26(32)30-21-31-29-15-7-11-19-37(29)45(39(31)22-33(30)41)38-23-34(43-3)40(20-25(38)24-42)44-35-17-9-5-13-27(35)28-14-6-10-18-36(28)44/h2*2-26H;4-23H,1-2H3. The molecule has 0 fully saturated rings. The normalized spacial score (nSPS) is 12.1. The summed E-state index contributed by atoms with van der Waals surface area (Å²) in [5, 5.41) is 50.1. The van der Waals surface area contributed by atoms with Gasteiger partial charge in [0, 0.05) is 103 Å². The van der Waals surface area contributed by atoms with E-state index < -0.39 is 0 Å². The topological polar surface area (TPSA) is 124 Å². The lowest BCUT2D eigenvalue weighted by Gasteiger charge is -2.22. The molecule has 29 rings (SSSR count). The minimum absolute atomic E-state index is 0.165. The molecule has 20 aromatic carbocycles. The molecular weight excluding hydrogens is 1750 g/mol. The van der Waals surface area contributed by atoms with E-state index >= 15 is 0 Å². The van der Waals surface area contributed by atoms with Crippen molar-refractivity contribution in [2.75, 3.05) is 0 Å². The van der Waals surface area contributed by atoms with Crippen molar-refractivity contribution >= 4 is 192 Å². The lowest BCUT2D eigenvalue weighted by molar-refractivity contribution is 0.661. The van der Waals surface area contributed by atoms with Gasteiger partial charge in [0.1, 0.15) is 18.2 Å². The number of rotatable bonds is 8. The van der Waals surface area contributed by atoms with Gasteiger partial charge in [-0.25, -0.2) is 14.5 Å². The second-order valence-electron chi connectivity index (χ2n) is 37.1. The summed E-state index contributed by atoms with van der Waals surface area (Å²) in [5.41, 5.74) is 30.9. The zero-order chi connectivity index (χ0) is 95.7. The maximum atomic E-state index is 10.8. The Hall–Kier alpha value is -20.3. The molecule has 14 nitrogen and oxygen atoms in total. The maximum absolute atomic E-state index is 10.8. The molecule has 0 bridgehead atoms. The van der Waals surface area contributed by atoms with E-state index in [1.807, 2.05) is 140 Å². The van der Waals surface area contributed by atoms with Gasteiger partial charge in [-0.05, 0) is 186 Å². The van der Waals surface area contributed by atoms with Crippen LogP contribution in [0.15, 0.2) is 425 Å². The van der Waals surface area contributed by atoms with Gasteiger partial charge in [-0.2, -0.15) is 15.8 Å². The van der Waals surface area contributed by atoms with Gasteiger partial charge in [0.05, 0.1) is 159 Å². The van der Waals surface area contributed by atoms with Crippen molar-refractivity contribution < 1.29 is 0 Å². The molecule has 8 aromatic heterocycles. The van der Waals surface area contributed by atoms with E-state index in [9.17, 15) is 15.8 Å². The van der Waals surface area contributed by atoms with Crippen LogP contribution < -0.4 is 0 Å². The molecule has 28 aromatic rings. The molecular formula is C129H76N14. The molecule has 0 radical (unpaired) electrons. The minimum atomic E-state index is -0.165. The summed E-state index contributed by atoms with van der Waals surface area (Å²) in [6.07, 6.45) is 0. The molecule has 0 aliphatic heterocycles. The molecule has 0 atom stereocenters. The van der Waals surface area contributed by atoms with Gasteiger partial charge in [0.25, 0.3) is 0 Å². The summed E-state index contributed by atoms with van der Waals surface area (Å²) in [7, 11) is 0. The molecule has 143 heavy (non-hydrogen) atoms. The van der Waals surface area contributed by atoms with Crippen LogP contribution in [0.2, 0.25) is 0 Å². The first kappa shape index (κ1) is 82.2. The van der Waals surface area contributed by atoms with Crippen molar-refractivity contribution in [1.29, 1.82) is 15.8 Å². The van der Waals surface area contributed by atoms with E-state index in [0.29, 0.717) is 67.9 Å². The van der Waals surface area contributed by atoms with E-state index in [-0.39, 0.29) is 5.41 Å². The second-order valence-corrected chi connectivity index (χ2v) is 37.1. The SMILES string of the molecule is [C-]#[N+]c1cc(-n2c3ccccc3c3c4c5ccccc5n(-c5ccccc5)c4ccc32)c(C#N)cc1-n1c2ccccc2c2ccccc21.[C-]#[N+]c1cc(-n2c3ccccc3c3cc4c(cc32)C(C)(C)c2ccccc2-4)c(C#N)cc1-n1c2ccccc2c2ccccc21.[C-]#[N+]c1cc(-n2c3ccccc3c3cc4c(cc32)c2ccccc2n4-c2ccccc2)c(C#N)cc1-n1c2ccccc2c2ccccc21. The summed E-state index contributed by atoms with van der Waals surface area (Å²) in [5.74, 6) is 0. The highest BCUT2D eigenvalue weighted by atomic mass is 15.1. The molecule has 0 N–H and O–H groups in total. The second kappa shape index (κ2) is 31.9. The van der Waals surface area contributed by atoms with Crippen LogP contribution in [0.3, 0.4) is 0 Å². The molecule has 8 heterocycles. The highest BCUT2D eigenvalue weighted by Crippen LogP contribution is 2.54. The number of nitrogens with zero attached hydrogens (tertiary/aromatic N) is 14. The molecule has 0 amide bonds. The lowest BCUT2D eigenvalue weighted by atomic mass is 9.82. The monoisotopic (exact) mass is 1820 g/mol. The Labute approximate surface area is 819 Å². The number of benzene rings is 20. The Kier molecular flexibility index (Phi) is 18.4. The van der Waals surface area contributed by atoms with Crippen LogP contribution in [0.25, 0.3) is 246 Å². The van der Waals surface area contributed by atoms with E-state index in [4.69, 9.17) is 19.7 Å². The zero-order valence-corrected chi connectivity index (χ0v) is 77.2. The van der Waals surface area contributed by atoms with Gasteiger partial charge in [0.15, 0.2) is 0 Å². The lowest BCUT2D eigenvalue weighted by Crippen LogP contribution is -2.15. The van der Waals surface area contributed by atoms with Crippen LogP contribution in [0, 0.1) is 53.7 Å². The Balaban J connectivity index is 0.000000107. The fourth-order valence-corrected chi connectivity index (χ4v) is 23.5. The van der Waals surface area contributed by atoms with Gasteiger partial charge in [-0.3, -0.25) is 0 Å². The zero-order valence-electron chi connectivity index (χ0n) is 77.2. The van der Waals surface area contributed by atoms with Crippen LogP contribution in [0.5, 0.6) is 0 Å². The van der Waals surface area contributed by atoms with Gasteiger partial charge in [0.2, 0.25) is 17.1 Å². The minimum Gasteiger partial charge on any atom is -0.319 e. The highest BCUT2D eigenvalue weighted by molar-refractivity contribution is 6.30. The maximum Gasteiger partial charge on any atom is 0.212 e. The van der Waals surface area contributed by atoms with Crippen LogP contribution in [-0.2, 0) is 5.41 Å². The molecule has 0 spiro atoms. The first-order chi connectivity index (χ1) is 70.5. The van der Waals surface area contributed by atoms with E-state index in [0.717, 1.165) is 180 Å². The Morgan fingerprint density at radius 1 is 0.196 bits per heavy atom. The van der Waals surface area contributed by atoms with Crippen molar-refractivity contribution in [2.24, 2.45) is 0 Å². The molecule has 0 saturated heterocycles. The predicted molar refractivity (Wildman–Crippen MR) is 585 cm³/mol. The first-order valence-corrected chi connectivity index (χ1v) is 47.6. The van der Waals surface area contributed by atoms with Gasteiger partial charge in [-0.15, -0.1) is 0 Å². The van der Waals surface area contributed by atoms with Crippen LogP contribution in [0.4, 0.5) is 17.1 Å². The number of para-hydroxylation sites is 13. The van der Waals surface area contributed by atoms with Crippen LogP contribution in [0.1, 0.15) is 41.7 Å². The Morgan fingerprint density at radius 2 is 0.434 bits per heavy atom. The van der Waals surface area contributed by atoms with Crippen LogP contribution in [-0.4, -0.2) is 36.5 Å². The van der Waals surface area contributed by atoms with Crippen molar-refractivity contribution in [3.05, 3.63) is 487 Å². The quantitative estimate of drug-likeness (QED) is 0.141. The third-order valence-electron chi connectivity index (χ3n) is 29.5. The largest absolute Gasteiger partial charge is 0.319 e. The summed E-state index contributed by atoms with van der Waals surface area (Å²) in [6.45, 7) is 29.7. The van der Waals surface area contributed by atoms with E-state index in [1.54, 1.807) is 0 Å². The van der Waals surface area contributed by atoms with Gasteiger partial charge >= 0.3 is 0 Å². The van der Waals surface area contributed by atoms with Crippen molar-refractivity contribution in [1.82, 2.24) is 36.5 Å². The average Bonchev–Trinajstić information content (AvgIpc) is 1.55. The summed E-state index contributed by atoms with van der Waals surface area (Å²) in [4.78, 5) is 12.2. The third-order valence-corrected chi connectivity index (χ3v) is 29.5. The predicted octanol–water partition coefficient (Wildman–Crippen LogP) is 33.4. The molecule has 14 heteroatoms. The summed E-state index contributed by atoms with van der Waals surface area (Å²) < 4.78 is 17.5. The molecule has 1 aliphatic carbocycles. The number of hydrogen-bond acceptors (Lipinski definition) is 3. The summed E-state index contributed by atoms with van der Waals surface area (Å²) >= 11 is 0. The van der Waals surface area contributed by atoms with Crippen molar-refractivity contribution in [3.8, 4) is 74.8 Å². The van der Waals surface area contributed by atoms with Gasteiger partial charge in [-0.1, -0.05) is 275 Å². The smallest absolute Gasteiger partial charge is 0.212 e. The van der Waals surface area contributed by atoms with Crippen LogP contribution >= 0.6 is 0 Å². The van der Waals surface area contributed by atoms with E-state index in [2.05, 4.69) is 368 Å². The van der Waals surface area contributed by atoms with Crippen molar-refractivity contribution in [3.63, 3.8) is 0 Å².